The van der Waals surface area contributed by atoms with Gasteiger partial charge in [0, 0.05) is 19.0 Å². The Labute approximate surface area is 126 Å². The lowest BCUT2D eigenvalue weighted by molar-refractivity contribution is 0.516. The Balaban J connectivity index is 2.41. The maximum absolute atomic E-state index is 6.26. The zero-order valence-corrected chi connectivity index (χ0v) is 14.2. The number of halogens is 1. The van der Waals surface area contributed by atoms with E-state index in [1.54, 1.807) is 0 Å². The van der Waals surface area contributed by atoms with E-state index in [0.29, 0.717) is 0 Å². The molecule has 1 aromatic rings. The molecule has 0 aliphatic heterocycles. The van der Waals surface area contributed by atoms with E-state index in [-0.39, 0.29) is 6.04 Å². The van der Waals surface area contributed by atoms with Gasteiger partial charge in [-0.15, -0.1) is 0 Å². The maximum Gasteiger partial charge on any atom is 0.0738 e. The summed E-state index contributed by atoms with van der Waals surface area (Å²) in [4.78, 5) is 0. The Morgan fingerprint density at radius 3 is 2.53 bits per heavy atom. The van der Waals surface area contributed by atoms with Crippen molar-refractivity contribution in [3.05, 3.63) is 15.9 Å². The molecule has 2 N–H and O–H groups in total. The van der Waals surface area contributed by atoms with Gasteiger partial charge < -0.3 is 5.73 Å². The minimum Gasteiger partial charge on any atom is -0.327 e. The first-order chi connectivity index (χ1) is 9.10. The normalized spacial score (nSPS) is 12.9. The van der Waals surface area contributed by atoms with Crippen LogP contribution in [0.3, 0.4) is 0 Å². The van der Waals surface area contributed by atoms with E-state index in [2.05, 4.69) is 39.6 Å². The SMILES string of the molecule is CCCCCCCC(N)Cc1c(Br)c(C)nn1CC. The van der Waals surface area contributed by atoms with E-state index in [1.165, 1.54) is 37.8 Å². The molecule has 110 valence electrons. The lowest BCUT2D eigenvalue weighted by Crippen LogP contribution is -2.24. The molecule has 1 aromatic heterocycles. The Bertz CT molecular complexity index is 374. The Morgan fingerprint density at radius 1 is 1.21 bits per heavy atom. The van der Waals surface area contributed by atoms with Crippen LogP contribution in [0.25, 0.3) is 0 Å². The Hall–Kier alpha value is -0.350. The van der Waals surface area contributed by atoms with Gasteiger partial charge in [0.05, 0.1) is 15.9 Å². The summed E-state index contributed by atoms with van der Waals surface area (Å²) in [6.45, 7) is 7.32. The summed E-state index contributed by atoms with van der Waals surface area (Å²) in [6.07, 6.45) is 8.59. The molecular formula is C15H28BrN3. The molecule has 3 nitrogen and oxygen atoms in total. The summed E-state index contributed by atoms with van der Waals surface area (Å²) in [7, 11) is 0. The highest BCUT2D eigenvalue weighted by atomic mass is 79.9. The van der Waals surface area contributed by atoms with Crippen LogP contribution in [0.2, 0.25) is 0 Å². The molecule has 0 radical (unpaired) electrons. The molecule has 4 heteroatoms. The summed E-state index contributed by atoms with van der Waals surface area (Å²) in [5.41, 5.74) is 8.57. The van der Waals surface area contributed by atoms with Crippen LogP contribution in [0, 0.1) is 6.92 Å². The molecule has 0 bridgehead atoms. The number of unbranched alkanes of at least 4 members (excludes halogenated alkanes) is 4. The first-order valence-electron chi connectivity index (χ1n) is 7.57. The van der Waals surface area contributed by atoms with Crippen LogP contribution in [-0.4, -0.2) is 15.8 Å². The van der Waals surface area contributed by atoms with Gasteiger partial charge in [-0.1, -0.05) is 39.0 Å². The van der Waals surface area contributed by atoms with E-state index >= 15 is 0 Å². The molecule has 1 heterocycles. The predicted octanol–water partition coefficient (Wildman–Crippen LogP) is 4.20. The molecular weight excluding hydrogens is 302 g/mol. The molecule has 0 aliphatic carbocycles. The van der Waals surface area contributed by atoms with Crippen LogP contribution in [0.4, 0.5) is 0 Å². The third-order valence-corrected chi connectivity index (χ3v) is 4.62. The molecule has 0 aliphatic rings. The van der Waals surface area contributed by atoms with Crippen molar-refractivity contribution in [3.63, 3.8) is 0 Å². The van der Waals surface area contributed by atoms with Gasteiger partial charge >= 0.3 is 0 Å². The average molecular weight is 330 g/mol. The summed E-state index contributed by atoms with van der Waals surface area (Å²) < 4.78 is 3.20. The van der Waals surface area contributed by atoms with Crippen molar-refractivity contribution in [1.82, 2.24) is 9.78 Å². The van der Waals surface area contributed by atoms with Crippen molar-refractivity contribution in [1.29, 1.82) is 0 Å². The first-order valence-corrected chi connectivity index (χ1v) is 8.36. The monoisotopic (exact) mass is 329 g/mol. The Kier molecular flexibility index (Phi) is 7.69. The summed E-state index contributed by atoms with van der Waals surface area (Å²) in [6, 6.07) is 0.249. The van der Waals surface area contributed by atoms with Crippen molar-refractivity contribution in [2.45, 2.75) is 78.3 Å². The van der Waals surface area contributed by atoms with E-state index < -0.39 is 0 Å². The lowest BCUT2D eigenvalue weighted by Gasteiger charge is -2.13. The highest BCUT2D eigenvalue weighted by molar-refractivity contribution is 9.10. The van der Waals surface area contributed by atoms with Gasteiger partial charge in [-0.05, 0) is 36.2 Å². The third kappa shape index (κ3) is 5.27. The first kappa shape index (κ1) is 16.7. The molecule has 0 amide bonds. The summed E-state index contributed by atoms with van der Waals surface area (Å²) >= 11 is 3.63. The number of hydrogen-bond acceptors (Lipinski definition) is 2. The standard InChI is InChI=1S/C15H28BrN3/c1-4-6-7-8-9-10-13(17)11-14-15(16)12(3)18-19(14)5-2/h13H,4-11,17H2,1-3H3. The van der Waals surface area contributed by atoms with Crippen molar-refractivity contribution in [2.24, 2.45) is 5.73 Å². The van der Waals surface area contributed by atoms with Crippen LogP contribution in [0.1, 0.15) is 63.8 Å². The number of aromatic nitrogens is 2. The van der Waals surface area contributed by atoms with Crippen LogP contribution in [0.15, 0.2) is 4.47 Å². The fourth-order valence-corrected chi connectivity index (χ4v) is 2.87. The molecule has 1 atom stereocenters. The number of hydrogen-bond donors (Lipinski definition) is 1. The van der Waals surface area contributed by atoms with Crippen LogP contribution >= 0.6 is 15.9 Å². The topological polar surface area (TPSA) is 43.8 Å². The summed E-state index contributed by atoms with van der Waals surface area (Å²) in [5.74, 6) is 0. The number of rotatable bonds is 9. The van der Waals surface area contributed by atoms with Crippen molar-refractivity contribution >= 4 is 15.9 Å². The highest BCUT2D eigenvalue weighted by Gasteiger charge is 2.15. The number of nitrogens with two attached hydrogens (primary N) is 1. The lowest BCUT2D eigenvalue weighted by atomic mass is 10.0. The minimum absolute atomic E-state index is 0.249. The fraction of sp³-hybridized carbons (Fsp3) is 0.800. The maximum atomic E-state index is 6.26. The predicted molar refractivity (Wildman–Crippen MR) is 85.4 cm³/mol. The quantitative estimate of drug-likeness (QED) is 0.690. The summed E-state index contributed by atoms with van der Waals surface area (Å²) in [5, 5.41) is 4.52. The van der Waals surface area contributed by atoms with Crippen molar-refractivity contribution < 1.29 is 0 Å². The molecule has 1 rings (SSSR count). The van der Waals surface area contributed by atoms with Gasteiger partial charge in [0.2, 0.25) is 0 Å². The molecule has 0 saturated carbocycles. The largest absolute Gasteiger partial charge is 0.327 e. The van der Waals surface area contributed by atoms with E-state index in [9.17, 15) is 0 Å². The number of nitrogens with zero attached hydrogens (tertiary/aromatic N) is 2. The molecule has 0 spiro atoms. The molecule has 19 heavy (non-hydrogen) atoms. The highest BCUT2D eigenvalue weighted by Crippen LogP contribution is 2.23. The zero-order valence-electron chi connectivity index (χ0n) is 12.6. The van der Waals surface area contributed by atoms with Gasteiger partial charge in [0.1, 0.15) is 0 Å². The molecule has 1 unspecified atom stereocenters. The average Bonchev–Trinajstić information content (AvgIpc) is 2.66. The van der Waals surface area contributed by atoms with E-state index in [4.69, 9.17) is 5.73 Å². The van der Waals surface area contributed by atoms with E-state index in [0.717, 1.165) is 29.6 Å². The van der Waals surface area contributed by atoms with Crippen LogP contribution < -0.4 is 5.73 Å². The molecule has 0 fully saturated rings. The van der Waals surface area contributed by atoms with Gasteiger partial charge in [-0.2, -0.15) is 5.10 Å². The zero-order chi connectivity index (χ0) is 14.3. The van der Waals surface area contributed by atoms with Crippen molar-refractivity contribution in [3.8, 4) is 0 Å². The second kappa shape index (κ2) is 8.75. The van der Waals surface area contributed by atoms with Gasteiger partial charge in [-0.25, -0.2) is 0 Å². The van der Waals surface area contributed by atoms with Crippen LogP contribution in [-0.2, 0) is 13.0 Å². The van der Waals surface area contributed by atoms with Crippen LogP contribution in [0.5, 0.6) is 0 Å². The van der Waals surface area contributed by atoms with Gasteiger partial charge in [-0.3, -0.25) is 4.68 Å². The second-order valence-corrected chi connectivity index (χ2v) is 6.12. The minimum atomic E-state index is 0.249. The Morgan fingerprint density at radius 2 is 1.89 bits per heavy atom. The fourth-order valence-electron chi connectivity index (χ4n) is 2.42. The molecule has 0 saturated heterocycles. The smallest absolute Gasteiger partial charge is 0.0738 e. The van der Waals surface area contributed by atoms with E-state index in [1.807, 2.05) is 6.92 Å². The number of aryl methyl sites for hydroxylation is 2. The second-order valence-electron chi connectivity index (χ2n) is 5.33. The van der Waals surface area contributed by atoms with Gasteiger partial charge in [0.15, 0.2) is 0 Å². The molecule has 0 aromatic carbocycles. The van der Waals surface area contributed by atoms with Crippen molar-refractivity contribution in [2.75, 3.05) is 0 Å². The third-order valence-electron chi connectivity index (χ3n) is 3.59. The van der Waals surface area contributed by atoms with Gasteiger partial charge in [0.25, 0.3) is 0 Å².